The van der Waals surface area contributed by atoms with Crippen LogP contribution in [-0.2, 0) is 14.3 Å². The summed E-state index contributed by atoms with van der Waals surface area (Å²) in [5.74, 6) is -0.379. The normalized spacial score (nSPS) is 16.7. The summed E-state index contributed by atoms with van der Waals surface area (Å²) in [5.41, 5.74) is -4.71. The van der Waals surface area contributed by atoms with Crippen molar-refractivity contribution in [2.75, 3.05) is 6.54 Å². The molecule has 0 radical (unpaired) electrons. The van der Waals surface area contributed by atoms with Crippen molar-refractivity contribution < 1.29 is 25.8 Å². The lowest BCUT2D eigenvalue weighted by Crippen LogP contribution is -2.26. The molecule has 0 amide bonds. The van der Waals surface area contributed by atoms with Crippen molar-refractivity contribution in [1.82, 2.24) is 0 Å². The van der Waals surface area contributed by atoms with Crippen molar-refractivity contribution in [3.05, 3.63) is 41.7 Å². The second kappa shape index (κ2) is 5.88. The lowest BCUT2D eigenvalue weighted by molar-refractivity contribution is -0.0518. The van der Waals surface area contributed by atoms with Gasteiger partial charge in [0.25, 0.3) is 0 Å². The van der Waals surface area contributed by atoms with Gasteiger partial charge >= 0.3 is 15.6 Å². The summed E-state index contributed by atoms with van der Waals surface area (Å²) in [4.78, 5) is 3.99. The second-order valence-corrected chi connectivity index (χ2v) is 5.87. The minimum Gasteiger partial charge on any atom is -0.374 e. The van der Waals surface area contributed by atoms with Crippen molar-refractivity contribution in [3.8, 4) is 0 Å². The lowest BCUT2D eigenvalue weighted by atomic mass is 10.1. The Balaban J connectivity index is 2.37. The van der Waals surface area contributed by atoms with Gasteiger partial charge in [-0.1, -0.05) is 30.3 Å². The van der Waals surface area contributed by atoms with Crippen molar-refractivity contribution in [2.24, 2.45) is 4.99 Å². The van der Waals surface area contributed by atoms with Gasteiger partial charge in [-0.25, -0.2) is 0 Å². The molecule has 1 aliphatic rings. The van der Waals surface area contributed by atoms with Gasteiger partial charge in [0.15, 0.2) is 5.76 Å². The van der Waals surface area contributed by atoms with E-state index < -0.39 is 15.6 Å². The molecule has 1 heterocycles. The summed E-state index contributed by atoms with van der Waals surface area (Å²) in [6, 6.07) is 8.34. The first-order valence-electron chi connectivity index (χ1n) is 6.11. The SMILES string of the molecule is O=S(=O)(O/C(=C\c1ccccc1)C1=NCCC1)C(F)(F)F. The Kier molecular flexibility index (Phi) is 4.36. The first kappa shape index (κ1) is 15.6. The maximum Gasteiger partial charge on any atom is 0.534 e. The van der Waals surface area contributed by atoms with Crippen molar-refractivity contribution in [2.45, 2.75) is 18.3 Å². The van der Waals surface area contributed by atoms with Crippen molar-refractivity contribution in [1.29, 1.82) is 0 Å². The van der Waals surface area contributed by atoms with E-state index in [2.05, 4.69) is 9.18 Å². The summed E-state index contributed by atoms with van der Waals surface area (Å²) in [7, 11) is -5.70. The predicted octanol–water partition coefficient (Wildman–Crippen LogP) is 3.13. The molecule has 0 N–H and O–H groups in total. The molecule has 8 heteroatoms. The van der Waals surface area contributed by atoms with E-state index in [0.29, 0.717) is 24.9 Å². The summed E-state index contributed by atoms with van der Waals surface area (Å²) < 4.78 is 63.9. The average molecular weight is 319 g/mol. The van der Waals surface area contributed by atoms with Gasteiger partial charge in [0.05, 0.1) is 5.71 Å². The fourth-order valence-electron chi connectivity index (χ4n) is 1.76. The smallest absolute Gasteiger partial charge is 0.374 e. The summed E-state index contributed by atoms with van der Waals surface area (Å²) in [6.07, 6.45) is 2.27. The second-order valence-electron chi connectivity index (χ2n) is 4.33. The van der Waals surface area contributed by atoms with E-state index in [0.717, 1.165) is 0 Å². The highest BCUT2D eigenvalue weighted by molar-refractivity contribution is 7.87. The fraction of sp³-hybridized carbons (Fsp3) is 0.308. The van der Waals surface area contributed by atoms with Crippen LogP contribution in [0.1, 0.15) is 18.4 Å². The van der Waals surface area contributed by atoms with Crippen LogP contribution < -0.4 is 0 Å². The molecule has 0 fully saturated rings. The molecular weight excluding hydrogens is 307 g/mol. The lowest BCUT2D eigenvalue weighted by Gasteiger charge is -2.12. The molecule has 0 aliphatic carbocycles. The zero-order valence-corrected chi connectivity index (χ0v) is 11.6. The Hall–Kier alpha value is -1.83. The Morgan fingerprint density at radius 1 is 1.24 bits per heavy atom. The highest BCUT2D eigenvalue weighted by atomic mass is 32.2. The summed E-state index contributed by atoms with van der Waals surface area (Å²) in [5, 5.41) is 0. The van der Waals surface area contributed by atoms with Gasteiger partial charge in [-0.2, -0.15) is 21.6 Å². The topological polar surface area (TPSA) is 55.7 Å². The van der Waals surface area contributed by atoms with E-state index in [1.807, 2.05) is 0 Å². The molecule has 114 valence electrons. The number of halogens is 3. The van der Waals surface area contributed by atoms with E-state index >= 15 is 0 Å². The van der Waals surface area contributed by atoms with Crippen molar-refractivity contribution >= 4 is 21.9 Å². The van der Waals surface area contributed by atoms with E-state index in [4.69, 9.17) is 0 Å². The van der Waals surface area contributed by atoms with Gasteiger partial charge in [0.2, 0.25) is 0 Å². The number of hydrogen-bond donors (Lipinski definition) is 0. The quantitative estimate of drug-likeness (QED) is 0.487. The van der Waals surface area contributed by atoms with Crippen LogP contribution in [-0.4, -0.2) is 26.2 Å². The molecule has 2 rings (SSSR count). The summed E-state index contributed by atoms with van der Waals surface area (Å²) >= 11 is 0. The molecule has 0 bridgehead atoms. The zero-order valence-electron chi connectivity index (χ0n) is 10.8. The number of alkyl halides is 3. The third-order valence-electron chi connectivity index (χ3n) is 2.74. The molecule has 0 spiro atoms. The standard InChI is InChI=1S/C13H12F3NO3S/c14-13(15,16)21(18,19)20-12(11-7-4-8-17-11)9-10-5-2-1-3-6-10/h1-3,5-6,9H,4,7-8H2/b12-9-. The Morgan fingerprint density at radius 2 is 1.90 bits per heavy atom. The highest BCUT2D eigenvalue weighted by Crippen LogP contribution is 2.28. The molecule has 0 aromatic heterocycles. The zero-order chi connectivity index (χ0) is 15.5. The fourth-order valence-corrected chi connectivity index (χ4v) is 2.24. The largest absolute Gasteiger partial charge is 0.534 e. The third-order valence-corrected chi connectivity index (χ3v) is 3.70. The van der Waals surface area contributed by atoms with Crippen molar-refractivity contribution in [3.63, 3.8) is 0 Å². The molecule has 4 nitrogen and oxygen atoms in total. The molecule has 0 saturated heterocycles. The maximum absolute atomic E-state index is 12.4. The number of rotatable bonds is 4. The van der Waals surface area contributed by atoms with E-state index in [-0.39, 0.29) is 11.5 Å². The van der Waals surface area contributed by atoms with Crippen LogP contribution in [0.2, 0.25) is 0 Å². The molecule has 0 saturated carbocycles. The minimum atomic E-state index is -5.70. The van der Waals surface area contributed by atoms with E-state index in [1.165, 1.54) is 6.08 Å². The van der Waals surface area contributed by atoms with Crippen LogP contribution in [0.4, 0.5) is 13.2 Å². The number of nitrogens with zero attached hydrogens (tertiary/aromatic N) is 1. The van der Waals surface area contributed by atoms with Gasteiger partial charge < -0.3 is 4.18 Å². The third kappa shape index (κ3) is 3.84. The first-order chi connectivity index (χ1) is 9.79. The van der Waals surface area contributed by atoms with Gasteiger partial charge in [0, 0.05) is 6.54 Å². The number of benzene rings is 1. The van der Waals surface area contributed by atoms with Crippen LogP contribution in [0.5, 0.6) is 0 Å². The highest BCUT2D eigenvalue weighted by Gasteiger charge is 2.49. The molecule has 0 unspecified atom stereocenters. The van der Waals surface area contributed by atoms with Crippen LogP contribution in [0.3, 0.4) is 0 Å². The van der Waals surface area contributed by atoms with Crippen LogP contribution in [0.25, 0.3) is 6.08 Å². The van der Waals surface area contributed by atoms with Gasteiger partial charge in [-0.3, -0.25) is 4.99 Å². The molecule has 1 aliphatic heterocycles. The molecule has 1 aromatic carbocycles. The number of hydrogen-bond acceptors (Lipinski definition) is 4. The minimum absolute atomic E-state index is 0.228. The number of allylic oxidation sites excluding steroid dienone is 1. The van der Waals surface area contributed by atoms with E-state index in [9.17, 15) is 21.6 Å². The average Bonchev–Trinajstić information content (AvgIpc) is 2.91. The predicted molar refractivity (Wildman–Crippen MR) is 72.0 cm³/mol. The maximum atomic E-state index is 12.4. The Bertz CT molecular complexity index is 664. The molecule has 1 aromatic rings. The summed E-state index contributed by atoms with van der Waals surface area (Å²) in [6.45, 7) is 0.441. The number of aliphatic imine (C=N–C) groups is 1. The van der Waals surface area contributed by atoms with E-state index in [1.54, 1.807) is 30.3 Å². The Morgan fingerprint density at radius 3 is 2.43 bits per heavy atom. The monoisotopic (exact) mass is 319 g/mol. The molecule has 21 heavy (non-hydrogen) atoms. The molecular formula is C13H12F3NO3S. The van der Waals surface area contributed by atoms with Gasteiger partial charge in [-0.15, -0.1) is 0 Å². The molecule has 0 atom stereocenters. The van der Waals surface area contributed by atoms with Gasteiger partial charge in [-0.05, 0) is 24.5 Å². The van der Waals surface area contributed by atoms with Gasteiger partial charge in [0.1, 0.15) is 0 Å². The van der Waals surface area contributed by atoms with Crippen LogP contribution in [0.15, 0.2) is 41.1 Å². The Labute approximate surface area is 120 Å². The first-order valence-corrected chi connectivity index (χ1v) is 7.51. The van der Waals surface area contributed by atoms with Crippen LogP contribution in [0, 0.1) is 0 Å². The van der Waals surface area contributed by atoms with Crippen LogP contribution >= 0.6 is 0 Å².